The summed E-state index contributed by atoms with van der Waals surface area (Å²) < 4.78 is 0. The Kier molecular flexibility index (Phi) is 4.72. The lowest BCUT2D eigenvalue weighted by atomic mass is 9.75. The van der Waals surface area contributed by atoms with Crippen molar-refractivity contribution in [2.45, 2.75) is 52.4 Å². The van der Waals surface area contributed by atoms with Gasteiger partial charge in [0.15, 0.2) is 0 Å². The van der Waals surface area contributed by atoms with Crippen molar-refractivity contribution in [1.29, 1.82) is 0 Å². The van der Waals surface area contributed by atoms with Crippen LogP contribution in [0.3, 0.4) is 0 Å². The van der Waals surface area contributed by atoms with Crippen molar-refractivity contribution in [3.05, 3.63) is 35.4 Å². The van der Waals surface area contributed by atoms with E-state index in [0.29, 0.717) is 0 Å². The van der Waals surface area contributed by atoms with Gasteiger partial charge in [0.2, 0.25) is 0 Å². The van der Waals surface area contributed by atoms with Crippen molar-refractivity contribution in [2.75, 3.05) is 0 Å². The van der Waals surface area contributed by atoms with E-state index in [1.165, 1.54) is 25.7 Å². The first-order valence-corrected chi connectivity index (χ1v) is 5.99. The molecule has 14 heavy (non-hydrogen) atoms. The molecule has 1 unspecified atom stereocenters. The molecule has 1 aromatic carbocycles. The SMILES string of the molecule is CC.CCCCC1Cc2ccccc21. The smallest absolute Gasteiger partial charge is 0.0119 e. The number of fused-ring (bicyclic) bond motifs is 1. The van der Waals surface area contributed by atoms with Crippen molar-refractivity contribution in [3.8, 4) is 0 Å². The third kappa shape index (κ3) is 2.37. The molecule has 0 saturated carbocycles. The van der Waals surface area contributed by atoms with Crippen molar-refractivity contribution in [2.24, 2.45) is 0 Å². The average molecular weight is 190 g/mol. The Morgan fingerprint density at radius 3 is 2.57 bits per heavy atom. The largest absolute Gasteiger partial charge is 0.0683 e. The summed E-state index contributed by atoms with van der Waals surface area (Å²) in [5.74, 6) is 0.890. The minimum Gasteiger partial charge on any atom is -0.0683 e. The van der Waals surface area contributed by atoms with Gasteiger partial charge < -0.3 is 0 Å². The summed E-state index contributed by atoms with van der Waals surface area (Å²) in [5.41, 5.74) is 3.20. The highest BCUT2D eigenvalue weighted by Gasteiger charge is 2.23. The van der Waals surface area contributed by atoms with Gasteiger partial charge in [-0.15, -0.1) is 0 Å². The molecule has 0 N–H and O–H groups in total. The molecule has 0 aliphatic heterocycles. The summed E-state index contributed by atoms with van der Waals surface area (Å²) in [6, 6.07) is 8.86. The second-order valence-corrected chi connectivity index (χ2v) is 3.74. The zero-order chi connectivity index (χ0) is 10.4. The van der Waals surface area contributed by atoms with Crippen LogP contribution in [0.1, 0.15) is 57.1 Å². The van der Waals surface area contributed by atoms with Gasteiger partial charge in [-0.3, -0.25) is 0 Å². The van der Waals surface area contributed by atoms with E-state index < -0.39 is 0 Å². The van der Waals surface area contributed by atoms with Crippen molar-refractivity contribution in [3.63, 3.8) is 0 Å². The van der Waals surface area contributed by atoms with Gasteiger partial charge in [0.25, 0.3) is 0 Å². The third-order valence-corrected chi connectivity index (χ3v) is 2.87. The molecule has 0 radical (unpaired) electrons. The summed E-state index contributed by atoms with van der Waals surface area (Å²) in [7, 11) is 0. The van der Waals surface area contributed by atoms with E-state index >= 15 is 0 Å². The molecule has 0 spiro atoms. The molecule has 2 rings (SSSR count). The zero-order valence-electron chi connectivity index (χ0n) is 9.72. The first kappa shape index (κ1) is 11.3. The predicted molar refractivity (Wildman–Crippen MR) is 63.8 cm³/mol. The van der Waals surface area contributed by atoms with Crippen LogP contribution >= 0.6 is 0 Å². The Morgan fingerprint density at radius 2 is 1.93 bits per heavy atom. The van der Waals surface area contributed by atoms with Gasteiger partial charge >= 0.3 is 0 Å². The molecule has 0 bridgehead atoms. The molecule has 0 amide bonds. The van der Waals surface area contributed by atoms with Crippen molar-refractivity contribution < 1.29 is 0 Å². The van der Waals surface area contributed by atoms with Crippen LogP contribution < -0.4 is 0 Å². The zero-order valence-corrected chi connectivity index (χ0v) is 9.72. The predicted octanol–water partition coefficient (Wildman–Crippen LogP) is 4.54. The molecule has 0 heteroatoms. The maximum atomic E-state index is 2.29. The van der Waals surface area contributed by atoms with Gasteiger partial charge in [0.1, 0.15) is 0 Å². The molecule has 1 aliphatic carbocycles. The lowest BCUT2D eigenvalue weighted by Gasteiger charge is -2.29. The Labute approximate surface area is 88.4 Å². The van der Waals surface area contributed by atoms with Crippen LogP contribution in [0.25, 0.3) is 0 Å². The molecular weight excluding hydrogens is 168 g/mol. The molecule has 1 aliphatic rings. The molecule has 0 fully saturated rings. The molecule has 0 saturated heterocycles. The first-order chi connectivity index (χ1) is 6.92. The molecule has 1 atom stereocenters. The molecule has 0 heterocycles. The van der Waals surface area contributed by atoms with Gasteiger partial charge in [-0.05, 0) is 29.9 Å². The fourth-order valence-corrected chi connectivity index (χ4v) is 2.07. The van der Waals surface area contributed by atoms with Gasteiger partial charge in [0, 0.05) is 0 Å². The van der Waals surface area contributed by atoms with Crippen LogP contribution in [-0.4, -0.2) is 0 Å². The molecule has 0 aromatic heterocycles. The lowest BCUT2D eigenvalue weighted by molar-refractivity contribution is 0.531. The number of hydrogen-bond donors (Lipinski definition) is 0. The van der Waals surface area contributed by atoms with E-state index in [4.69, 9.17) is 0 Å². The van der Waals surface area contributed by atoms with Crippen molar-refractivity contribution in [1.82, 2.24) is 0 Å². The van der Waals surface area contributed by atoms with E-state index in [2.05, 4.69) is 31.2 Å². The topological polar surface area (TPSA) is 0 Å². The Morgan fingerprint density at radius 1 is 1.21 bits per heavy atom. The summed E-state index contributed by atoms with van der Waals surface area (Å²) in [5, 5.41) is 0. The quantitative estimate of drug-likeness (QED) is 0.656. The standard InChI is InChI=1S/C12H16.C2H6/c1-2-3-6-10-9-11-7-4-5-8-12(10)11;1-2/h4-5,7-8,10H,2-3,6,9H2,1H3;1-2H3. The number of unbranched alkanes of at least 4 members (excludes halogenated alkanes) is 1. The van der Waals surface area contributed by atoms with E-state index in [0.717, 1.165) is 5.92 Å². The number of rotatable bonds is 3. The van der Waals surface area contributed by atoms with E-state index in [1.54, 1.807) is 11.1 Å². The normalized spacial score (nSPS) is 17.5. The number of hydrogen-bond acceptors (Lipinski definition) is 0. The Bertz CT molecular complexity index is 262. The van der Waals surface area contributed by atoms with Crippen LogP contribution in [0.5, 0.6) is 0 Å². The average Bonchev–Trinajstić information content (AvgIpc) is 2.23. The maximum Gasteiger partial charge on any atom is -0.0119 e. The summed E-state index contributed by atoms with van der Waals surface area (Å²) in [6.07, 6.45) is 5.45. The van der Waals surface area contributed by atoms with Crippen LogP contribution in [0.15, 0.2) is 24.3 Å². The monoisotopic (exact) mass is 190 g/mol. The summed E-state index contributed by atoms with van der Waals surface area (Å²) >= 11 is 0. The van der Waals surface area contributed by atoms with Crippen LogP contribution in [0.4, 0.5) is 0 Å². The fraction of sp³-hybridized carbons (Fsp3) is 0.571. The van der Waals surface area contributed by atoms with Crippen LogP contribution in [-0.2, 0) is 6.42 Å². The Hall–Kier alpha value is -0.780. The second-order valence-electron chi connectivity index (χ2n) is 3.74. The maximum absolute atomic E-state index is 2.29. The summed E-state index contributed by atoms with van der Waals surface area (Å²) in [4.78, 5) is 0. The van der Waals surface area contributed by atoms with Gasteiger partial charge in [-0.2, -0.15) is 0 Å². The van der Waals surface area contributed by atoms with Crippen LogP contribution in [0, 0.1) is 0 Å². The van der Waals surface area contributed by atoms with E-state index in [-0.39, 0.29) is 0 Å². The fourth-order valence-electron chi connectivity index (χ4n) is 2.07. The molecule has 78 valence electrons. The summed E-state index contributed by atoms with van der Waals surface area (Å²) in [6.45, 7) is 6.27. The minimum absolute atomic E-state index is 0.890. The second kappa shape index (κ2) is 5.85. The van der Waals surface area contributed by atoms with Gasteiger partial charge in [-0.25, -0.2) is 0 Å². The number of benzene rings is 1. The van der Waals surface area contributed by atoms with E-state index in [9.17, 15) is 0 Å². The minimum atomic E-state index is 0.890. The third-order valence-electron chi connectivity index (χ3n) is 2.87. The highest BCUT2D eigenvalue weighted by atomic mass is 14.3. The van der Waals surface area contributed by atoms with Gasteiger partial charge in [-0.1, -0.05) is 57.9 Å². The molecule has 0 nitrogen and oxygen atoms in total. The van der Waals surface area contributed by atoms with Crippen molar-refractivity contribution >= 4 is 0 Å². The highest BCUT2D eigenvalue weighted by molar-refractivity contribution is 5.39. The first-order valence-electron chi connectivity index (χ1n) is 5.99. The Balaban J connectivity index is 0.000000461. The van der Waals surface area contributed by atoms with Gasteiger partial charge in [0.05, 0.1) is 0 Å². The van der Waals surface area contributed by atoms with E-state index in [1.807, 2.05) is 13.8 Å². The highest BCUT2D eigenvalue weighted by Crippen LogP contribution is 2.37. The van der Waals surface area contributed by atoms with Crippen LogP contribution in [0.2, 0.25) is 0 Å². The molecular formula is C14H22. The molecule has 1 aromatic rings. The lowest BCUT2D eigenvalue weighted by Crippen LogP contribution is -2.16.